The van der Waals surface area contributed by atoms with Crippen molar-refractivity contribution in [2.75, 3.05) is 0 Å². The van der Waals surface area contributed by atoms with E-state index in [-0.39, 0.29) is 11.2 Å². The summed E-state index contributed by atoms with van der Waals surface area (Å²) in [5.41, 5.74) is 1.06. The first-order chi connectivity index (χ1) is 13.0. The molecule has 0 bridgehead atoms. The van der Waals surface area contributed by atoms with Crippen molar-refractivity contribution in [2.45, 2.75) is 9.96 Å². The fourth-order valence-electron chi connectivity index (χ4n) is 2.54. The predicted octanol–water partition coefficient (Wildman–Crippen LogP) is 5.58. The molecule has 4 aromatic rings. The molecule has 2 aromatic heterocycles. The average Bonchev–Trinajstić information content (AvgIpc) is 3.15. The van der Waals surface area contributed by atoms with Gasteiger partial charge in [-0.15, -0.1) is 23.1 Å². The lowest BCUT2D eigenvalue weighted by molar-refractivity contribution is 0.630. The van der Waals surface area contributed by atoms with Crippen molar-refractivity contribution < 1.29 is 4.39 Å². The molecule has 2 aromatic carbocycles. The van der Waals surface area contributed by atoms with Gasteiger partial charge in [0.25, 0.3) is 0 Å². The number of rotatable bonds is 4. The number of hydrogen-bond donors (Lipinski definition) is 0. The third-order valence-corrected chi connectivity index (χ3v) is 6.86. The van der Waals surface area contributed by atoms with Crippen molar-refractivity contribution in [3.63, 3.8) is 0 Å². The molecule has 0 aliphatic carbocycles. The van der Waals surface area contributed by atoms with E-state index in [9.17, 15) is 9.18 Å². The summed E-state index contributed by atoms with van der Waals surface area (Å²) in [5.74, 6) is 0.136. The highest BCUT2D eigenvalue weighted by atomic mass is 35.5. The summed E-state index contributed by atoms with van der Waals surface area (Å²) < 4.78 is 16.4. The Kier molecular flexibility index (Phi) is 5.19. The van der Waals surface area contributed by atoms with Crippen LogP contribution < -0.4 is 5.43 Å². The predicted molar refractivity (Wildman–Crippen MR) is 109 cm³/mol. The van der Waals surface area contributed by atoms with E-state index in [1.807, 2.05) is 6.07 Å². The zero-order valence-electron chi connectivity index (χ0n) is 13.5. The average molecular weight is 438 g/mol. The van der Waals surface area contributed by atoms with Crippen LogP contribution in [0.2, 0.25) is 10.0 Å². The number of benzene rings is 2. The van der Waals surface area contributed by atoms with Crippen LogP contribution in [0.25, 0.3) is 15.8 Å². The van der Waals surface area contributed by atoms with Crippen LogP contribution in [0.4, 0.5) is 4.39 Å². The minimum atomic E-state index is -0.386. The fraction of sp³-hybridized carbons (Fsp3) is 0.0556. The topological polar surface area (TPSA) is 47.8 Å². The second kappa shape index (κ2) is 7.59. The number of aromatic nitrogens is 3. The molecule has 0 atom stereocenters. The minimum absolute atomic E-state index is 0.223. The molecule has 0 saturated heterocycles. The van der Waals surface area contributed by atoms with Crippen LogP contribution >= 0.6 is 46.3 Å². The second-order valence-corrected chi connectivity index (χ2v) is 8.71. The fourth-order valence-corrected chi connectivity index (χ4v) is 5.56. The molecule has 27 heavy (non-hydrogen) atoms. The first-order valence-electron chi connectivity index (χ1n) is 7.71. The molecule has 0 aliphatic heterocycles. The van der Waals surface area contributed by atoms with E-state index in [2.05, 4.69) is 10.1 Å². The Morgan fingerprint density at radius 1 is 1.19 bits per heavy atom. The van der Waals surface area contributed by atoms with E-state index in [0.29, 0.717) is 35.8 Å². The molecular formula is C18H10Cl2FN3OS2. The molecular weight excluding hydrogens is 428 g/mol. The van der Waals surface area contributed by atoms with Crippen molar-refractivity contribution in [3.8, 4) is 5.69 Å². The molecule has 4 nitrogen and oxygen atoms in total. The van der Waals surface area contributed by atoms with E-state index < -0.39 is 0 Å². The lowest BCUT2D eigenvalue weighted by Crippen LogP contribution is -2.13. The number of fused-ring (bicyclic) bond motifs is 1. The monoisotopic (exact) mass is 437 g/mol. The van der Waals surface area contributed by atoms with Crippen molar-refractivity contribution in [2.24, 2.45) is 0 Å². The summed E-state index contributed by atoms with van der Waals surface area (Å²) in [6.07, 6.45) is 2.83. The summed E-state index contributed by atoms with van der Waals surface area (Å²) in [5, 5.41) is 5.65. The Morgan fingerprint density at radius 3 is 2.78 bits per heavy atom. The largest absolute Gasteiger partial charge is 0.287 e. The van der Waals surface area contributed by atoms with E-state index >= 15 is 0 Å². The van der Waals surface area contributed by atoms with Gasteiger partial charge in [0.05, 0.1) is 4.21 Å². The number of thioether (sulfide) groups is 1. The van der Waals surface area contributed by atoms with E-state index in [1.54, 1.807) is 12.1 Å². The first-order valence-corrected chi connectivity index (χ1v) is 10.3. The SMILES string of the molecule is O=c1c(-n2cncn2)c(SCc2ccc(Cl)cc2Cl)sc2cc(F)ccc12. The zero-order chi connectivity index (χ0) is 19.0. The van der Waals surface area contributed by atoms with Gasteiger partial charge in [-0.05, 0) is 35.9 Å². The molecule has 0 unspecified atom stereocenters. The molecule has 136 valence electrons. The standard InChI is InChI=1S/C18H10Cl2FN3OS2/c19-11-2-1-10(14(20)5-11)7-26-18-16(24-9-22-8-23-24)17(25)13-4-3-12(21)6-15(13)27-18/h1-6,8-9H,7H2. The quantitative estimate of drug-likeness (QED) is 0.391. The number of hydrogen-bond acceptors (Lipinski definition) is 5. The molecule has 0 spiro atoms. The van der Waals surface area contributed by atoms with E-state index in [1.165, 1.54) is 58.6 Å². The Morgan fingerprint density at radius 2 is 2.04 bits per heavy atom. The molecule has 4 rings (SSSR count). The maximum Gasteiger partial charge on any atom is 0.214 e. The van der Waals surface area contributed by atoms with Gasteiger partial charge in [-0.1, -0.05) is 29.3 Å². The van der Waals surface area contributed by atoms with Gasteiger partial charge in [-0.2, -0.15) is 5.10 Å². The van der Waals surface area contributed by atoms with Crippen LogP contribution in [0.1, 0.15) is 5.56 Å². The molecule has 0 fully saturated rings. The van der Waals surface area contributed by atoms with Crippen LogP contribution in [0.3, 0.4) is 0 Å². The smallest absolute Gasteiger partial charge is 0.214 e. The van der Waals surface area contributed by atoms with Crippen LogP contribution in [0, 0.1) is 5.82 Å². The molecule has 0 saturated carbocycles. The van der Waals surface area contributed by atoms with Gasteiger partial charge in [0.15, 0.2) is 0 Å². The highest BCUT2D eigenvalue weighted by molar-refractivity contribution is 8.00. The number of nitrogens with zero attached hydrogens (tertiary/aromatic N) is 3. The maximum absolute atomic E-state index is 13.7. The normalized spacial score (nSPS) is 11.2. The highest BCUT2D eigenvalue weighted by Crippen LogP contribution is 2.36. The lowest BCUT2D eigenvalue weighted by atomic mass is 10.2. The summed E-state index contributed by atoms with van der Waals surface area (Å²) in [6.45, 7) is 0. The van der Waals surface area contributed by atoms with Crippen molar-refractivity contribution >= 4 is 56.4 Å². The zero-order valence-corrected chi connectivity index (χ0v) is 16.7. The molecule has 0 radical (unpaired) electrons. The van der Waals surface area contributed by atoms with Crippen LogP contribution in [0.5, 0.6) is 0 Å². The van der Waals surface area contributed by atoms with Gasteiger partial charge in [-0.3, -0.25) is 4.79 Å². The van der Waals surface area contributed by atoms with Gasteiger partial charge in [0.1, 0.15) is 24.2 Å². The van der Waals surface area contributed by atoms with Gasteiger partial charge in [0.2, 0.25) is 5.43 Å². The van der Waals surface area contributed by atoms with Gasteiger partial charge in [0, 0.05) is 25.9 Å². The summed E-state index contributed by atoms with van der Waals surface area (Å²) >= 11 is 15.0. The van der Waals surface area contributed by atoms with E-state index in [4.69, 9.17) is 23.2 Å². The van der Waals surface area contributed by atoms with E-state index in [0.717, 1.165) is 5.56 Å². The minimum Gasteiger partial charge on any atom is -0.287 e. The Bertz CT molecular complexity index is 1200. The number of halogens is 3. The molecule has 9 heteroatoms. The van der Waals surface area contributed by atoms with Crippen molar-refractivity contribution in [3.05, 3.63) is 80.7 Å². The lowest BCUT2D eigenvalue weighted by Gasteiger charge is -2.10. The molecule has 0 aliphatic rings. The summed E-state index contributed by atoms with van der Waals surface area (Å²) in [7, 11) is 0. The van der Waals surface area contributed by atoms with Gasteiger partial charge < -0.3 is 0 Å². The van der Waals surface area contributed by atoms with Crippen molar-refractivity contribution in [1.29, 1.82) is 0 Å². The Labute approximate surface area is 171 Å². The molecule has 0 amide bonds. The molecule has 0 N–H and O–H groups in total. The summed E-state index contributed by atoms with van der Waals surface area (Å²) in [6, 6.07) is 9.42. The van der Waals surface area contributed by atoms with Crippen LogP contribution in [-0.2, 0) is 5.75 Å². The Balaban J connectivity index is 1.82. The third-order valence-electron chi connectivity index (χ3n) is 3.82. The van der Waals surface area contributed by atoms with Crippen LogP contribution in [0.15, 0.2) is 58.1 Å². The summed E-state index contributed by atoms with van der Waals surface area (Å²) in [4.78, 5) is 17.0. The highest BCUT2D eigenvalue weighted by Gasteiger charge is 2.17. The maximum atomic E-state index is 13.7. The van der Waals surface area contributed by atoms with Gasteiger partial charge in [-0.25, -0.2) is 14.1 Å². The Hall–Kier alpha value is -1.93. The first kappa shape index (κ1) is 18.4. The van der Waals surface area contributed by atoms with Crippen LogP contribution in [-0.4, -0.2) is 14.8 Å². The molecule has 2 heterocycles. The van der Waals surface area contributed by atoms with Crippen molar-refractivity contribution in [1.82, 2.24) is 14.8 Å². The second-order valence-electron chi connectivity index (χ2n) is 5.57. The van der Waals surface area contributed by atoms with Gasteiger partial charge >= 0.3 is 0 Å². The third kappa shape index (κ3) is 3.73.